The Hall–Kier alpha value is -1.35. The Balaban J connectivity index is 1.71. The van der Waals surface area contributed by atoms with Crippen LogP contribution in [0.15, 0.2) is 24.3 Å². The average molecular weight is 258 g/mol. The Labute approximate surface area is 115 Å². The molecule has 0 aliphatic carbocycles. The fourth-order valence-electron chi connectivity index (χ4n) is 3.22. The molecule has 0 aromatic heterocycles. The summed E-state index contributed by atoms with van der Waals surface area (Å²) in [7, 11) is 0. The van der Waals surface area contributed by atoms with Gasteiger partial charge in [0.15, 0.2) is 0 Å². The maximum Gasteiger partial charge on any atom is 0.224 e. The van der Waals surface area contributed by atoms with E-state index in [0.29, 0.717) is 6.04 Å². The molecule has 2 unspecified atom stereocenters. The number of hydrogen-bond donors (Lipinski definition) is 1. The van der Waals surface area contributed by atoms with Crippen LogP contribution in [0.2, 0.25) is 0 Å². The third kappa shape index (κ3) is 2.98. The number of amides is 1. The van der Waals surface area contributed by atoms with Gasteiger partial charge in [-0.1, -0.05) is 36.2 Å². The van der Waals surface area contributed by atoms with Gasteiger partial charge in [-0.2, -0.15) is 0 Å². The van der Waals surface area contributed by atoms with Crippen LogP contribution >= 0.6 is 0 Å². The van der Waals surface area contributed by atoms with Crippen molar-refractivity contribution in [3.63, 3.8) is 0 Å². The van der Waals surface area contributed by atoms with Crippen LogP contribution in [0.3, 0.4) is 0 Å². The van der Waals surface area contributed by atoms with Crippen molar-refractivity contribution in [2.75, 3.05) is 13.1 Å². The fraction of sp³-hybridized carbons (Fsp3) is 0.562. The summed E-state index contributed by atoms with van der Waals surface area (Å²) in [6.45, 7) is 4.98. The van der Waals surface area contributed by atoms with E-state index in [2.05, 4.69) is 41.4 Å². The van der Waals surface area contributed by atoms with Gasteiger partial charge in [0, 0.05) is 25.7 Å². The van der Waals surface area contributed by atoms with Crippen LogP contribution in [0, 0.1) is 12.8 Å². The molecule has 3 nitrogen and oxygen atoms in total. The summed E-state index contributed by atoms with van der Waals surface area (Å²) in [5.41, 5.74) is 2.64. The second-order valence-electron chi connectivity index (χ2n) is 6.01. The second-order valence-corrected chi connectivity index (χ2v) is 6.01. The van der Waals surface area contributed by atoms with Crippen molar-refractivity contribution < 1.29 is 4.79 Å². The summed E-state index contributed by atoms with van der Waals surface area (Å²) in [6, 6.07) is 9.08. The van der Waals surface area contributed by atoms with Crippen LogP contribution in [-0.2, 0) is 11.3 Å². The predicted octanol–water partition coefficient (Wildman–Crippen LogP) is 2.10. The number of carbonyl (C=O) groups excluding carboxylic acids is 1. The number of nitrogens with one attached hydrogen (secondary N) is 1. The SMILES string of the molecule is Cc1ccc(CN2CC3CCCC(C2)C(=O)N3)cc1. The highest BCUT2D eigenvalue weighted by molar-refractivity contribution is 5.79. The van der Waals surface area contributed by atoms with Gasteiger partial charge in [-0.15, -0.1) is 0 Å². The van der Waals surface area contributed by atoms with E-state index in [9.17, 15) is 4.79 Å². The molecule has 1 N–H and O–H groups in total. The molecule has 2 fully saturated rings. The zero-order chi connectivity index (χ0) is 13.2. The smallest absolute Gasteiger partial charge is 0.224 e. The number of rotatable bonds is 2. The first-order valence-corrected chi connectivity index (χ1v) is 7.29. The highest BCUT2D eigenvalue weighted by Gasteiger charge is 2.32. The van der Waals surface area contributed by atoms with E-state index in [0.717, 1.165) is 32.5 Å². The highest BCUT2D eigenvalue weighted by Crippen LogP contribution is 2.23. The highest BCUT2D eigenvalue weighted by atomic mass is 16.2. The third-order valence-electron chi connectivity index (χ3n) is 4.31. The van der Waals surface area contributed by atoms with Crippen molar-refractivity contribution in [2.45, 2.75) is 38.8 Å². The molecule has 0 saturated carbocycles. The van der Waals surface area contributed by atoms with Crippen LogP contribution in [-0.4, -0.2) is 29.9 Å². The second kappa shape index (κ2) is 5.33. The Morgan fingerprint density at radius 3 is 2.79 bits per heavy atom. The number of fused-ring (bicyclic) bond motifs is 3. The van der Waals surface area contributed by atoms with E-state index in [-0.39, 0.29) is 11.8 Å². The Bertz CT molecular complexity index is 454. The van der Waals surface area contributed by atoms with Gasteiger partial charge in [-0.05, 0) is 25.3 Å². The van der Waals surface area contributed by atoms with E-state index in [1.54, 1.807) is 0 Å². The Morgan fingerprint density at radius 2 is 2.00 bits per heavy atom. The number of benzene rings is 1. The normalized spacial score (nSPS) is 27.7. The average Bonchev–Trinajstić information content (AvgIpc) is 2.61. The number of aryl methyl sites for hydroxylation is 1. The van der Waals surface area contributed by atoms with Crippen molar-refractivity contribution in [1.29, 1.82) is 0 Å². The van der Waals surface area contributed by atoms with E-state index in [1.165, 1.54) is 17.5 Å². The summed E-state index contributed by atoms with van der Waals surface area (Å²) < 4.78 is 0. The lowest BCUT2D eigenvalue weighted by atomic mass is 9.99. The van der Waals surface area contributed by atoms with E-state index >= 15 is 0 Å². The monoisotopic (exact) mass is 258 g/mol. The molecule has 3 rings (SSSR count). The number of carbonyl (C=O) groups is 1. The summed E-state index contributed by atoms with van der Waals surface area (Å²) in [5, 5.41) is 3.19. The molecule has 2 heterocycles. The molecule has 2 aliphatic heterocycles. The van der Waals surface area contributed by atoms with Crippen LogP contribution in [0.4, 0.5) is 0 Å². The van der Waals surface area contributed by atoms with E-state index in [1.807, 2.05) is 0 Å². The molecule has 2 bridgehead atoms. The molecule has 0 radical (unpaired) electrons. The summed E-state index contributed by atoms with van der Waals surface area (Å²) >= 11 is 0. The minimum absolute atomic E-state index is 0.193. The third-order valence-corrected chi connectivity index (χ3v) is 4.31. The molecule has 2 aliphatic rings. The van der Waals surface area contributed by atoms with Gasteiger partial charge >= 0.3 is 0 Å². The van der Waals surface area contributed by atoms with Crippen LogP contribution in [0.25, 0.3) is 0 Å². The lowest BCUT2D eigenvalue weighted by Gasteiger charge is -2.27. The predicted molar refractivity (Wildman–Crippen MR) is 75.7 cm³/mol. The quantitative estimate of drug-likeness (QED) is 0.881. The Kier molecular flexibility index (Phi) is 3.56. The van der Waals surface area contributed by atoms with Crippen molar-refractivity contribution in [3.8, 4) is 0 Å². The van der Waals surface area contributed by atoms with Gasteiger partial charge in [0.05, 0.1) is 5.92 Å². The molecule has 19 heavy (non-hydrogen) atoms. The van der Waals surface area contributed by atoms with Gasteiger partial charge in [0.2, 0.25) is 5.91 Å². The Morgan fingerprint density at radius 1 is 1.21 bits per heavy atom. The molecule has 0 spiro atoms. The molecule has 102 valence electrons. The molecule has 1 amide bonds. The van der Waals surface area contributed by atoms with E-state index in [4.69, 9.17) is 0 Å². The van der Waals surface area contributed by atoms with Gasteiger partial charge in [-0.25, -0.2) is 0 Å². The van der Waals surface area contributed by atoms with Gasteiger partial charge in [0.1, 0.15) is 0 Å². The maximum absolute atomic E-state index is 12.0. The molecule has 1 aromatic rings. The van der Waals surface area contributed by atoms with Crippen LogP contribution in [0.1, 0.15) is 30.4 Å². The number of hydrogen-bond acceptors (Lipinski definition) is 2. The minimum atomic E-state index is 0.193. The van der Waals surface area contributed by atoms with Crippen molar-refractivity contribution in [3.05, 3.63) is 35.4 Å². The largest absolute Gasteiger partial charge is 0.352 e. The number of nitrogens with zero attached hydrogens (tertiary/aromatic N) is 1. The van der Waals surface area contributed by atoms with Crippen molar-refractivity contribution in [2.24, 2.45) is 5.92 Å². The van der Waals surface area contributed by atoms with Crippen LogP contribution < -0.4 is 5.32 Å². The fourth-order valence-corrected chi connectivity index (χ4v) is 3.22. The zero-order valence-corrected chi connectivity index (χ0v) is 11.6. The lowest BCUT2D eigenvalue weighted by molar-refractivity contribution is -0.124. The number of likely N-dealkylation sites (tertiary alicyclic amines) is 1. The van der Waals surface area contributed by atoms with Crippen molar-refractivity contribution in [1.82, 2.24) is 10.2 Å². The molecular weight excluding hydrogens is 236 g/mol. The first-order chi connectivity index (χ1) is 9.20. The molecule has 2 saturated heterocycles. The molecule has 3 heteroatoms. The van der Waals surface area contributed by atoms with Gasteiger partial charge < -0.3 is 5.32 Å². The topological polar surface area (TPSA) is 32.3 Å². The van der Waals surface area contributed by atoms with Gasteiger partial charge in [-0.3, -0.25) is 9.69 Å². The van der Waals surface area contributed by atoms with Gasteiger partial charge in [0.25, 0.3) is 0 Å². The van der Waals surface area contributed by atoms with E-state index < -0.39 is 0 Å². The van der Waals surface area contributed by atoms with Crippen LogP contribution in [0.5, 0.6) is 0 Å². The first kappa shape index (κ1) is 12.7. The maximum atomic E-state index is 12.0. The summed E-state index contributed by atoms with van der Waals surface area (Å²) in [6.07, 6.45) is 3.37. The minimum Gasteiger partial charge on any atom is -0.352 e. The standard InChI is InChI=1S/C16H22N2O/c1-12-5-7-13(8-6-12)9-18-10-14-3-2-4-15(11-18)17-16(14)19/h5-8,14-15H,2-4,9-11H2,1H3,(H,17,19). The molecule has 1 aromatic carbocycles. The lowest BCUT2D eigenvalue weighted by Crippen LogP contribution is -2.38. The summed E-state index contributed by atoms with van der Waals surface area (Å²) in [5.74, 6) is 0.465. The zero-order valence-electron chi connectivity index (χ0n) is 11.6. The van der Waals surface area contributed by atoms with Crippen molar-refractivity contribution >= 4 is 5.91 Å². The molecular formula is C16H22N2O. The molecule has 2 atom stereocenters. The summed E-state index contributed by atoms with van der Waals surface area (Å²) in [4.78, 5) is 14.4. The first-order valence-electron chi connectivity index (χ1n) is 7.29.